The first-order valence-corrected chi connectivity index (χ1v) is 10.8. The van der Waals surface area contributed by atoms with E-state index in [1.54, 1.807) is 0 Å². The van der Waals surface area contributed by atoms with Gasteiger partial charge >= 0.3 is 0 Å². The number of aromatic nitrogens is 3. The molecule has 0 aliphatic rings. The van der Waals surface area contributed by atoms with Crippen LogP contribution >= 0.6 is 0 Å². The smallest absolute Gasteiger partial charge is 0.239 e. The summed E-state index contributed by atoms with van der Waals surface area (Å²) in [7, 11) is 0. The van der Waals surface area contributed by atoms with Crippen LogP contribution in [0.2, 0.25) is 0 Å². The Hall–Kier alpha value is -4.38. The van der Waals surface area contributed by atoms with Crippen LogP contribution in [0.15, 0.2) is 83.3 Å². The van der Waals surface area contributed by atoms with Crippen LogP contribution < -0.4 is 4.57 Å². The predicted octanol–water partition coefficient (Wildman–Crippen LogP) is 6.34. The van der Waals surface area contributed by atoms with Crippen LogP contribution in [0, 0.1) is 13.8 Å². The molecule has 0 atom stereocenters. The molecule has 33 heavy (non-hydrogen) atoms. The summed E-state index contributed by atoms with van der Waals surface area (Å²) in [5.74, 6) is 0. The number of fused-ring (bicyclic) bond motifs is 2. The molecule has 5 rings (SSSR count). The normalized spacial score (nSPS) is 11.5. The molecule has 3 aromatic carbocycles. The van der Waals surface area contributed by atoms with E-state index in [0.717, 1.165) is 50.5 Å². The number of para-hydroxylation sites is 1. The van der Waals surface area contributed by atoms with Crippen molar-refractivity contribution in [1.29, 1.82) is 0 Å². The Morgan fingerprint density at radius 1 is 0.848 bits per heavy atom. The molecule has 2 heterocycles. The Balaban J connectivity index is 1.72. The maximum absolute atomic E-state index is 4.89. The fourth-order valence-electron chi connectivity index (χ4n) is 4.07. The van der Waals surface area contributed by atoms with Crippen LogP contribution in [-0.2, 0) is 0 Å². The van der Waals surface area contributed by atoms with E-state index in [9.17, 15) is 0 Å². The molecule has 0 spiro atoms. The highest BCUT2D eigenvalue weighted by Crippen LogP contribution is 2.25. The lowest BCUT2D eigenvalue weighted by atomic mass is 10.1. The highest BCUT2D eigenvalue weighted by atomic mass is 15.0. The second kappa shape index (κ2) is 8.28. The number of aliphatic imine (C=N–C) groups is 2. The van der Waals surface area contributed by atoms with Gasteiger partial charge in [0.1, 0.15) is 11.0 Å². The molecule has 0 amide bonds. The molecule has 0 radical (unpaired) electrons. The van der Waals surface area contributed by atoms with E-state index in [-0.39, 0.29) is 0 Å². The van der Waals surface area contributed by atoms with Gasteiger partial charge in [0.05, 0.1) is 23.3 Å². The molecule has 0 saturated heterocycles. The molecule has 0 saturated carbocycles. The van der Waals surface area contributed by atoms with E-state index >= 15 is 0 Å². The zero-order valence-corrected chi connectivity index (χ0v) is 18.7. The molecule has 0 unspecified atom stereocenters. The summed E-state index contributed by atoms with van der Waals surface area (Å²) in [6.45, 7) is 11.7. The first-order valence-electron chi connectivity index (χ1n) is 10.8. The molecule has 5 aromatic rings. The minimum absolute atomic E-state index is 0.804. The Bertz CT molecular complexity index is 1560. The summed E-state index contributed by atoms with van der Waals surface area (Å²) in [5, 5.41) is 0. The van der Waals surface area contributed by atoms with Crippen LogP contribution in [-0.4, -0.2) is 22.9 Å². The number of hydrogen-bond donors (Lipinski definition) is 1. The number of H-pyrrole nitrogens is 1. The van der Waals surface area contributed by atoms with E-state index in [4.69, 9.17) is 9.98 Å². The van der Waals surface area contributed by atoms with Gasteiger partial charge in [0, 0.05) is 30.0 Å². The zero-order chi connectivity index (χ0) is 22.9. The van der Waals surface area contributed by atoms with Crippen LogP contribution in [0.1, 0.15) is 22.5 Å². The van der Waals surface area contributed by atoms with Crippen LogP contribution in [0.25, 0.3) is 33.8 Å². The summed E-state index contributed by atoms with van der Waals surface area (Å²) >= 11 is 0. The molecule has 0 aliphatic carbocycles. The van der Waals surface area contributed by atoms with Gasteiger partial charge in [-0.05, 0) is 62.0 Å². The van der Waals surface area contributed by atoms with Crippen molar-refractivity contribution in [3.8, 4) is 5.69 Å². The van der Waals surface area contributed by atoms with Crippen molar-refractivity contribution in [2.75, 3.05) is 0 Å². The first kappa shape index (κ1) is 20.5. The van der Waals surface area contributed by atoms with Crippen LogP contribution in [0.5, 0.6) is 0 Å². The molecule has 0 aliphatic heterocycles. The van der Waals surface area contributed by atoms with Gasteiger partial charge in [-0.1, -0.05) is 24.8 Å². The number of aromatic amines is 1. The third-order valence-electron chi connectivity index (χ3n) is 6.02. The summed E-state index contributed by atoms with van der Waals surface area (Å²) in [5.41, 5.74) is 10.8. The van der Waals surface area contributed by atoms with Gasteiger partial charge in [-0.2, -0.15) is 0 Å². The molecule has 5 heteroatoms. The summed E-state index contributed by atoms with van der Waals surface area (Å²) in [6, 6.07) is 22.3. The van der Waals surface area contributed by atoms with Gasteiger partial charge in [0.25, 0.3) is 0 Å². The molecule has 5 nitrogen and oxygen atoms in total. The van der Waals surface area contributed by atoms with Gasteiger partial charge in [0.15, 0.2) is 0 Å². The van der Waals surface area contributed by atoms with E-state index in [1.807, 2.05) is 60.8 Å². The Labute approximate surface area is 192 Å². The van der Waals surface area contributed by atoms with Gasteiger partial charge in [-0.25, -0.2) is 4.98 Å². The van der Waals surface area contributed by atoms with Crippen molar-refractivity contribution in [2.45, 2.75) is 13.8 Å². The highest BCUT2D eigenvalue weighted by molar-refractivity contribution is 5.87. The second-order valence-electron chi connectivity index (χ2n) is 7.95. The fourth-order valence-corrected chi connectivity index (χ4v) is 4.07. The number of nitrogens with zero attached hydrogens (tertiary/aromatic N) is 4. The van der Waals surface area contributed by atoms with E-state index in [1.165, 1.54) is 11.1 Å². The van der Waals surface area contributed by atoms with Crippen molar-refractivity contribution in [1.82, 2.24) is 9.97 Å². The van der Waals surface area contributed by atoms with Crippen molar-refractivity contribution < 1.29 is 4.57 Å². The first-order chi connectivity index (χ1) is 16.1. The minimum atomic E-state index is 0.804. The molecule has 2 aromatic heterocycles. The van der Waals surface area contributed by atoms with E-state index in [0.29, 0.717) is 0 Å². The molecule has 0 bridgehead atoms. The number of nitrogens with one attached hydrogen (secondary N) is 1. The van der Waals surface area contributed by atoms with Crippen molar-refractivity contribution in [3.05, 3.63) is 95.8 Å². The predicted molar refractivity (Wildman–Crippen MR) is 138 cm³/mol. The van der Waals surface area contributed by atoms with Crippen molar-refractivity contribution in [3.63, 3.8) is 0 Å². The van der Waals surface area contributed by atoms with Crippen LogP contribution in [0.4, 0.5) is 11.4 Å². The van der Waals surface area contributed by atoms with Crippen LogP contribution in [0.3, 0.4) is 0 Å². The third kappa shape index (κ3) is 3.64. The third-order valence-corrected chi connectivity index (χ3v) is 6.02. The summed E-state index contributed by atoms with van der Waals surface area (Å²) < 4.78 is 2.20. The quantitative estimate of drug-likeness (QED) is 0.198. The van der Waals surface area contributed by atoms with E-state index < -0.39 is 0 Å². The van der Waals surface area contributed by atoms with Crippen molar-refractivity contribution in [2.24, 2.45) is 9.98 Å². The Morgan fingerprint density at radius 2 is 1.48 bits per heavy atom. The average Bonchev–Trinajstić information content (AvgIpc) is 3.14. The van der Waals surface area contributed by atoms with Gasteiger partial charge < -0.3 is 4.98 Å². The number of rotatable bonds is 5. The van der Waals surface area contributed by atoms with E-state index in [2.05, 4.69) is 59.9 Å². The van der Waals surface area contributed by atoms with Gasteiger partial charge in [-0.3, -0.25) is 9.98 Å². The largest absolute Gasteiger partial charge is 0.354 e. The Kier molecular flexibility index (Phi) is 5.15. The number of benzene rings is 3. The summed E-state index contributed by atoms with van der Waals surface area (Å²) in [6.07, 6.45) is 3.71. The molecule has 1 N–H and O–H groups in total. The maximum Gasteiger partial charge on any atom is 0.239 e. The molecule has 0 fully saturated rings. The lowest BCUT2D eigenvalue weighted by molar-refractivity contribution is -0.538. The SMILES string of the molecule is C=Cc1[nH]c(C=Nc2ccc3nc4ccc(N=C)cc4[n+](-c4ccccc4)c3c2)c(C)c1C. The standard InChI is InChI=1S/C28H23N5/c1-5-23-18(2)19(3)26(31-23)17-30-21-12-14-25-28(16-21)33(22-9-7-6-8-10-22)27-15-20(29-4)11-13-24(27)32-25/h5-17H,1,4H2,2-3H3/p+1. The zero-order valence-electron chi connectivity index (χ0n) is 18.7. The van der Waals surface area contributed by atoms with Gasteiger partial charge in [-0.15, -0.1) is 4.57 Å². The average molecular weight is 431 g/mol. The molecular formula is C28H24N5+. The summed E-state index contributed by atoms with van der Waals surface area (Å²) in [4.78, 5) is 17.1. The highest BCUT2D eigenvalue weighted by Gasteiger charge is 2.20. The Morgan fingerprint density at radius 3 is 2.12 bits per heavy atom. The lowest BCUT2D eigenvalue weighted by Gasteiger charge is -2.06. The monoisotopic (exact) mass is 430 g/mol. The van der Waals surface area contributed by atoms with Gasteiger partial charge in [0.2, 0.25) is 16.7 Å². The second-order valence-corrected chi connectivity index (χ2v) is 7.95. The maximum atomic E-state index is 4.89. The topological polar surface area (TPSA) is 57.3 Å². The molecular weight excluding hydrogens is 406 g/mol. The molecule has 160 valence electrons. The fraction of sp³-hybridized carbons (Fsp3) is 0.0714. The minimum Gasteiger partial charge on any atom is -0.354 e. The van der Waals surface area contributed by atoms with Crippen molar-refractivity contribution >= 4 is 52.4 Å². The number of hydrogen-bond acceptors (Lipinski definition) is 3. The lowest BCUT2D eigenvalue weighted by Crippen LogP contribution is -2.33.